The second kappa shape index (κ2) is 5.52. The van der Waals surface area contributed by atoms with Gasteiger partial charge in [-0.15, -0.1) is 0 Å². The van der Waals surface area contributed by atoms with Gasteiger partial charge in [0.25, 0.3) is 0 Å². The second-order valence-electron chi connectivity index (χ2n) is 5.95. The summed E-state index contributed by atoms with van der Waals surface area (Å²) in [6.07, 6.45) is 5.44. The molecule has 0 aromatic heterocycles. The van der Waals surface area contributed by atoms with Crippen molar-refractivity contribution in [3.05, 3.63) is 42.0 Å². The van der Waals surface area contributed by atoms with Crippen LogP contribution in [0.15, 0.2) is 36.4 Å². The van der Waals surface area contributed by atoms with Gasteiger partial charge in [0, 0.05) is 12.3 Å². The standard InChI is InChI=1S/C17H20O2/c1-17(2)12-14(18)11-16(19)15(17)10-6-9-13-7-4-3-5-8-13/h3-9,15H,10-12H2,1-2H3. The predicted molar refractivity (Wildman–Crippen MR) is 76.6 cm³/mol. The Morgan fingerprint density at radius 3 is 2.53 bits per heavy atom. The van der Waals surface area contributed by atoms with E-state index in [1.165, 1.54) is 0 Å². The van der Waals surface area contributed by atoms with E-state index in [4.69, 9.17) is 0 Å². The van der Waals surface area contributed by atoms with E-state index >= 15 is 0 Å². The Bertz CT molecular complexity index is 497. The topological polar surface area (TPSA) is 34.1 Å². The van der Waals surface area contributed by atoms with Crippen LogP contribution in [0.25, 0.3) is 6.08 Å². The maximum atomic E-state index is 12.0. The molecule has 1 aliphatic rings. The fourth-order valence-corrected chi connectivity index (χ4v) is 2.80. The minimum atomic E-state index is -0.215. The Labute approximate surface area is 114 Å². The fourth-order valence-electron chi connectivity index (χ4n) is 2.80. The van der Waals surface area contributed by atoms with Crippen LogP contribution in [-0.4, -0.2) is 11.6 Å². The third kappa shape index (κ3) is 3.40. The van der Waals surface area contributed by atoms with Crippen LogP contribution in [0.5, 0.6) is 0 Å². The van der Waals surface area contributed by atoms with Crippen molar-refractivity contribution in [3.63, 3.8) is 0 Å². The molecule has 2 heteroatoms. The van der Waals surface area contributed by atoms with Crippen molar-refractivity contribution in [1.29, 1.82) is 0 Å². The number of benzene rings is 1. The van der Waals surface area contributed by atoms with E-state index in [0.29, 0.717) is 12.8 Å². The lowest BCUT2D eigenvalue weighted by Gasteiger charge is -2.36. The molecular weight excluding hydrogens is 236 g/mol. The summed E-state index contributed by atoms with van der Waals surface area (Å²) in [6.45, 7) is 4.03. The molecule has 19 heavy (non-hydrogen) atoms. The summed E-state index contributed by atoms with van der Waals surface area (Å²) in [5.41, 5.74) is 0.924. The lowest BCUT2D eigenvalue weighted by Crippen LogP contribution is -2.39. The Morgan fingerprint density at radius 1 is 1.21 bits per heavy atom. The summed E-state index contributed by atoms with van der Waals surface area (Å²) >= 11 is 0. The quantitative estimate of drug-likeness (QED) is 0.773. The molecule has 0 aliphatic heterocycles. The van der Waals surface area contributed by atoms with Crippen molar-refractivity contribution in [2.24, 2.45) is 11.3 Å². The number of rotatable bonds is 3. The molecule has 0 bridgehead atoms. The SMILES string of the molecule is CC1(C)CC(=O)CC(=O)C1CC=Cc1ccccc1. The van der Waals surface area contributed by atoms with Gasteiger partial charge in [-0.05, 0) is 17.4 Å². The van der Waals surface area contributed by atoms with Gasteiger partial charge < -0.3 is 0 Å². The monoisotopic (exact) mass is 256 g/mol. The number of carbonyl (C=O) groups is 2. The van der Waals surface area contributed by atoms with Gasteiger partial charge in [-0.1, -0.05) is 56.3 Å². The molecule has 0 N–H and O–H groups in total. The summed E-state index contributed by atoms with van der Waals surface area (Å²) in [4.78, 5) is 23.5. The zero-order valence-corrected chi connectivity index (χ0v) is 11.6. The number of hydrogen-bond donors (Lipinski definition) is 0. The van der Waals surface area contributed by atoms with Crippen molar-refractivity contribution in [2.45, 2.75) is 33.1 Å². The van der Waals surface area contributed by atoms with Crippen molar-refractivity contribution in [1.82, 2.24) is 0 Å². The largest absolute Gasteiger partial charge is 0.299 e. The first-order valence-electron chi connectivity index (χ1n) is 6.75. The van der Waals surface area contributed by atoms with E-state index in [1.807, 2.05) is 50.3 Å². The zero-order valence-electron chi connectivity index (χ0n) is 11.6. The molecule has 0 spiro atoms. The van der Waals surface area contributed by atoms with Gasteiger partial charge in [-0.2, -0.15) is 0 Å². The molecule has 1 saturated carbocycles. The molecule has 1 atom stereocenters. The van der Waals surface area contributed by atoms with Crippen LogP contribution in [0.2, 0.25) is 0 Å². The molecule has 1 aliphatic carbocycles. The van der Waals surface area contributed by atoms with E-state index in [-0.39, 0.29) is 29.3 Å². The van der Waals surface area contributed by atoms with Gasteiger partial charge in [-0.3, -0.25) is 9.59 Å². The molecule has 1 aromatic carbocycles. The first-order valence-corrected chi connectivity index (χ1v) is 6.75. The number of ketones is 2. The molecule has 0 heterocycles. The third-order valence-electron chi connectivity index (χ3n) is 3.84. The minimum absolute atomic E-state index is 0.0369. The molecule has 0 radical (unpaired) electrons. The van der Waals surface area contributed by atoms with Gasteiger partial charge in [0.1, 0.15) is 11.6 Å². The molecule has 0 amide bonds. The van der Waals surface area contributed by atoms with Gasteiger partial charge in [0.15, 0.2) is 0 Å². The minimum Gasteiger partial charge on any atom is -0.299 e. The first kappa shape index (κ1) is 13.7. The highest BCUT2D eigenvalue weighted by molar-refractivity contribution is 6.03. The van der Waals surface area contributed by atoms with E-state index in [0.717, 1.165) is 5.56 Å². The van der Waals surface area contributed by atoms with E-state index < -0.39 is 0 Å². The van der Waals surface area contributed by atoms with Crippen molar-refractivity contribution < 1.29 is 9.59 Å². The van der Waals surface area contributed by atoms with Gasteiger partial charge >= 0.3 is 0 Å². The maximum absolute atomic E-state index is 12.0. The third-order valence-corrected chi connectivity index (χ3v) is 3.84. The highest BCUT2D eigenvalue weighted by atomic mass is 16.1. The van der Waals surface area contributed by atoms with Crippen LogP contribution in [0.4, 0.5) is 0 Å². The average molecular weight is 256 g/mol. The van der Waals surface area contributed by atoms with E-state index in [2.05, 4.69) is 6.08 Å². The number of allylic oxidation sites excluding steroid dienone is 1. The van der Waals surface area contributed by atoms with Gasteiger partial charge in [0.05, 0.1) is 6.42 Å². The molecule has 2 nitrogen and oxygen atoms in total. The molecule has 1 aromatic rings. The van der Waals surface area contributed by atoms with Crippen LogP contribution in [-0.2, 0) is 9.59 Å². The van der Waals surface area contributed by atoms with Crippen LogP contribution in [0, 0.1) is 11.3 Å². The van der Waals surface area contributed by atoms with Crippen LogP contribution >= 0.6 is 0 Å². The normalized spacial score (nSPS) is 22.9. The lowest BCUT2D eigenvalue weighted by molar-refractivity contribution is -0.138. The Hall–Kier alpha value is -1.70. The van der Waals surface area contributed by atoms with Gasteiger partial charge in [0.2, 0.25) is 0 Å². The van der Waals surface area contributed by atoms with Crippen LogP contribution < -0.4 is 0 Å². The van der Waals surface area contributed by atoms with Crippen molar-refractivity contribution in [2.75, 3.05) is 0 Å². The van der Waals surface area contributed by atoms with E-state index in [9.17, 15) is 9.59 Å². The smallest absolute Gasteiger partial charge is 0.144 e. The number of hydrogen-bond acceptors (Lipinski definition) is 2. The number of Topliss-reactive ketones (excluding diaryl/α,β-unsaturated/α-hetero) is 2. The fraction of sp³-hybridized carbons (Fsp3) is 0.412. The highest BCUT2D eigenvalue weighted by Crippen LogP contribution is 2.39. The van der Waals surface area contributed by atoms with E-state index in [1.54, 1.807) is 0 Å². The number of carbonyl (C=O) groups excluding carboxylic acids is 2. The molecular formula is C17H20O2. The lowest BCUT2D eigenvalue weighted by atomic mass is 9.66. The highest BCUT2D eigenvalue weighted by Gasteiger charge is 2.40. The van der Waals surface area contributed by atoms with Crippen LogP contribution in [0.1, 0.15) is 38.7 Å². The molecule has 1 unspecified atom stereocenters. The second-order valence-corrected chi connectivity index (χ2v) is 5.95. The summed E-state index contributed by atoms with van der Waals surface area (Å²) in [5, 5.41) is 0. The predicted octanol–water partition coefficient (Wildman–Crippen LogP) is 3.66. The Kier molecular flexibility index (Phi) is 3.98. The molecule has 2 rings (SSSR count). The summed E-state index contributed by atoms with van der Waals surface area (Å²) in [5.74, 6) is 0.141. The summed E-state index contributed by atoms with van der Waals surface area (Å²) in [7, 11) is 0. The summed E-state index contributed by atoms with van der Waals surface area (Å²) in [6, 6.07) is 10.0. The zero-order chi connectivity index (χ0) is 13.9. The molecule has 0 saturated heterocycles. The summed E-state index contributed by atoms with van der Waals surface area (Å²) < 4.78 is 0. The molecule has 100 valence electrons. The Morgan fingerprint density at radius 2 is 1.89 bits per heavy atom. The maximum Gasteiger partial charge on any atom is 0.144 e. The van der Waals surface area contributed by atoms with Crippen molar-refractivity contribution in [3.8, 4) is 0 Å². The van der Waals surface area contributed by atoms with Gasteiger partial charge in [-0.25, -0.2) is 0 Å². The first-order chi connectivity index (χ1) is 8.99. The van der Waals surface area contributed by atoms with Crippen LogP contribution in [0.3, 0.4) is 0 Å². The molecule has 1 fully saturated rings. The Balaban J connectivity index is 2.04. The van der Waals surface area contributed by atoms with Crippen molar-refractivity contribution >= 4 is 17.6 Å². The average Bonchev–Trinajstić information content (AvgIpc) is 2.33.